The molecule has 1 aromatic carbocycles. The quantitative estimate of drug-likeness (QED) is 0.691. The Morgan fingerprint density at radius 3 is 2.00 bits per heavy atom. The van der Waals surface area contributed by atoms with E-state index < -0.39 is 0 Å². The lowest BCUT2D eigenvalue weighted by Gasteiger charge is -1.93. The molecule has 0 fully saturated rings. The van der Waals surface area contributed by atoms with E-state index in [2.05, 4.69) is 0 Å². The van der Waals surface area contributed by atoms with Gasteiger partial charge in [-0.1, -0.05) is 37.6 Å². The fourth-order valence-corrected chi connectivity index (χ4v) is 0.746. The van der Waals surface area contributed by atoms with Crippen molar-refractivity contribution in [3.05, 3.63) is 34.9 Å². The van der Waals surface area contributed by atoms with E-state index in [1.807, 2.05) is 38.1 Å². The van der Waals surface area contributed by atoms with Gasteiger partial charge in [0.1, 0.15) is 0 Å². The molecule has 0 aliphatic carbocycles. The molecule has 2 N–H and O–H groups in total. The van der Waals surface area contributed by atoms with Crippen molar-refractivity contribution in [2.75, 3.05) is 0 Å². The highest BCUT2D eigenvalue weighted by molar-refractivity contribution is 6.30. The highest BCUT2D eigenvalue weighted by Gasteiger charge is 1.86. The summed E-state index contributed by atoms with van der Waals surface area (Å²) in [4.78, 5) is 0. The van der Waals surface area contributed by atoms with Gasteiger partial charge in [-0.15, -0.1) is 0 Å². The second kappa shape index (κ2) is 6.20. The molecule has 0 aromatic heterocycles. The zero-order chi connectivity index (χ0) is 8.69. The predicted octanol–water partition coefficient (Wildman–Crippen LogP) is 2.82. The molecule has 11 heavy (non-hydrogen) atoms. The first-order chi connectivity index (χ1) is 5.33. The smallest absolute Gasteiger partial charge is 0.0406 e. The van der Waals surface area contributed by atoms with Gasteiger partial charge in [-0.2, -0.15) is 0 Å². The molecule has 2 heteroatoms. The van der Waals surface area contributed by atoms with Crippen LogP contribution in [0.4, 0.5) is 0 Å². The van der Waals surface area contributed by atoms with Crippen LogP contribution in [0.1, 0.15) is 19.4 Å². The van der Waals surface area contributed by atoms with Gasteiger partial charge in [0.15, 0.2) is 0 Å². The molecule has 62 valence electrons. The Labute approximate surface area is 73.2 Å². The fourth-order valence-electron chi connectivity index (χ4n) is 0.620. The third kappa shape index (κ3) is 4.02. The second-order valence-electron chi connectivity index (χ2n) is 1.83. The maximum absolute atomic E-state index is 5.63. The minimum atomic E-state index is 0.581. The number of rotatable bonds is 1. The third-order valence-electron chi connectivity index (χ3n) is 1.15. The van der Waals surface area contributed by atoms with Crippen LogP contribution in [-0.2, 0) is 6.54 Å². The minimum Gasteiger partial charge on any atom is -0.326 e. The van der Waals surface area contributed by atoms with E-state index >= 15 is 0 Å². The first-order valence-electron chi connectivity index (χ1n) is 3.77. The molecule has 0 radical (unpaired) electrons. The van der Waals surface area contributed by atoms with Crippen molar-refractivity contribution >= 4 is 11.6 Å². The summed E-state index contributed by atoms with van der Waals surface area (Å²) in [5, 5.41) is 0.757. The standard InChI is InChI=1S/C7H8ClN.C2H6/c8-7-3-1-6(5-9)2-4-7;1-2/h1-4H,5,9H2;1-2H3. The summed E-state index contributed by atoms with van der Waals surface area (Å²) in [6.07, 6.45) is 0. The Morgan fingerprint density at radius 1 is 1.18 bits per heavy atom. The maximum Gasteiger partial charge on any atom is 0.0406 e. The average Bonchev–Trinajstić information content (AvgIpc) is 2.10. The van der Waals surface area contributed by atoms with Crippen LogP contribution in [0.2, 0.25) is 5.02 Å². The summed E-state index contributed by atoms with van der Waals surface area (Å²) in [7, 11) is 0. The monoisotopic (exact) mass is 171 g/mol. The van der Waals surface area contributed by atoms with Gasteiger partial charge in [0.2, 0.25) is 0 Å². The van der Waals surface area contributed by atoms with Crippen LogP contribution in [0.5, 0.6) is 0 Å². The minimum absolute atomic E-state index is 0.581. The van der Waals surface area contributed by atoms with Crippen molar-refractivity contribution in [1.82, 2.24) is 0 Å². The Morgan fingerprint density at radius 2 is 1.64 bits per heavy atom. The third-order valence-corrected chi connectivity index (χ3v) is 1.40. The first-order valence-corrected chi connectivity index (χ1v) is 4.15. The second-order valence-corrected chi connectivity index (χ2v) is 2.27. The van der Waals surface area contributed by atoms with Crippen LogP contribution in [0, 0.1) is 0 Å². The summed E-state index contributed by atoms with van der Waals surface area (Å²) in [6, 6.07) is 7.51. The van der Waals surface area contributed by atoms with Gasteiger partial charge in [0, 0.05) is 11.6 Å². The van der Waals surface area contributed by atoms with Gasteiger partial charge < -0.3 is 5.73 Å². The number of nitrogens with two attached hydrogens (primary N) is 1. The van der Waals surface area contributed by atoms with Gasteiger partial charge in [-0.05, 0) is 17.7 Å². The fraction of sp³-hybridized carbons (Fsp3) is 0.333. The Bertz CT molecular complexity index is 181. The zero-order valence-corrected chi connectivity index (χ0v) is 7.73. The molecule has 0 aliphatic rings. The van der Waals surface area contributed by atoms with Gasteiger partial charge in [0.05, 0.1) is 0 Å². The molecule has 0 amide bonds. The van der Waals surface area contributed by atoms with Crippen LogP contribution in [0.3, 0.4) is 0 Å². The highest BCUT2D eigenvalue weighted by Crippen LogP contribution is 2.08. The van der Waals surface area contributed by atoms with Crippen LogP contribution in [0.25, 0.3) is 0 Å². The van der Waals surface area contributed by atoms with Gasteiger partial charge in [-0.25, -0.2) is 0 Å². The molecule has 1 rings (SSSR count). The predicted molar refractivity (Wildman–Crippen MR) is 50.7 cm³/mol. The number of hydrogen-bond acceptors (Lipinski definition) is 1. The topological polar surface area (TPSA) is 26.0 Å². The molecule has 1 nitrogen and oxygen atoms in total. The summed E-state index contributed by atoms with van der Waals surface area (Å²) in [5.41, 5.74) is 6.47. The van der Waals surface area contributed by atoms with E-state index in [1.165, 1.54) is 0 Å². The van der Waals surface area contributed by atoms with Crippen LogP contribution in [0.15, 0.2) is 24.3 Å². The maximum atomic E-state index is 5.63. The lowest BCUT2D eigenvalue weighted by atomic mass is 10.2. The van der Waals surface area contributed by atoms with Crippen molar-refractivity contribution in [2.45, 2.75) is 20.4 Å². The summed E-state index contributed by atoms with van der Waals surface area (Å²) in [6.45, 7) is 4.58. The van der Waals surface area contributed by atoms with Crippen LogP contribution >= 0.6 is 11.6 Å². The molecule has 1 aromatic rings. The Kier molecular flexibility index (Phi) is 5.90. The molecule has 0 bridgehead atoms. The Balaban J connectivity index is 0.000000461. The normalized spacial score (nSPS) is 8.36. The number of halogens is 1. The first kappa shape index (κ1) is 10.5. The van der Waals surface area contributed by atoms with E-state index in [0.29, 0.717) is 6.54 Å². The average molecular weight is 172 g/mol. The molecule has 0 saturated heterocycles. The van der Waals surface area contributed by atoms with Gasteiger partial charge in [-0.3, -0.25) is 0 Å². The molecule has 0 unspecified atom stereocenters. The van der Waals surface area contributed by atoms with E-state index in [1.54, 1.807) is 0 Å². The molecular weight excluding hydrogens is 158 g/mol. The van der Waals surface area contributed by atoms with Crippen molar-refractivity contribution in [3.63, 3.8) is 0 Å². The molecule has 0 aliphatic heterocycles. The lowest BCUT2D eigenvalue weighted by molar-refractivity contribution is 1.07. The summed E-state index contributed by atoms with van der Waals surface area (Å²) < 4.78 is 0. The summed E-state index contributed by atoms with van der Waals surface area (Å²) in [5.74, 6) is 0. The largest absolute Gasteiger partial charge is 0.326 e. The van der Waals surface area contributed by atoms with E-state index in [0.717, 1.165) is 10.6 Å². The van der Waals surface area contributed by atoms with E-state index in [9.17, 15) is 0 Å². The lowest BCUT2D eigenvalue weighted by Crippen LogP contribution is -1.94. The van der Waals surface area contributed by atoms with Crippen molar-refractivity contribution in [2.24, 2.45) is 5.73 Å². The Hall–Kier alpha value is -0.530. The SMILES string of the molecule is CC.NCc1ccc(Cl)cc1. The highest BCUT2D eigenvalue weighted by atomic mass is 35.5. The molecule has 0 atom stereocenters. The van der Waals surface area contributed by atoms with Crippen LogP contribution in [-0.4, -0.2) is 0 Å². The molecule has 0 heterocycles. The zero-order valence-electron chi connectivity index (χ0n) is 6.97. The number of benzene rings is 1. The van der Waals surface area contributed by atoms with Crippen molar-refractivity contribution in [1.29, 1.82) is 0 Å². The molecule has 0 saturated carbocycles. The summed E-state index contributed by atoms with van der Waals surface area (Å²) >= 11 is 5.63. The number of hydrogen-bond donors (Lipinski definition) is 1. The van der Waals surface area contributed by atoms with Gasteiger partial charge in [0.25, 0.3) is 0 Å². The van der Waals surface area contributed by atoms with E-state index in [-0.39, 0.29) is 0 Å². The van der Waals surface area contributed by atoms with Gasteiger partial charge >= 0.3 is 0 Å². The van der Waals surface area contributed by atoms with Crippen LogP contribution < -0.4 is 5.73 Å². The molecular formula is C9H14ClN. The van der Waals surface area contributed by atoms with E-state index in [4.69, 9.17) is 17.3 Å². The van der Waals surface area contributed by atoms with Crippen molar-refractivity contribution in [3.8, 4) is 0 Å². The molecule has 0 spiro atoms. The van der Waals surface area contributed by atoms with Crippen molar-refractivity contribution < 1.29 is 0 Å².